The van der Waals surface area contributed by atoms with Crippen molar-refractivity contribution in [3.05, 3.63) is 47.3 Å². The summed E-state index contributed by atoms with van der Waals surface area (Å²) in [6.45, 7) is 7.79. The predicted molar refractivity (Wildman–Crippen MR) is 99.7 cm³/mol. The quantitative estimate of drug-likeness (QED) is 0.911. The van der Waals surface area contributed by atoms with E-state index in [4.69, 9.17) is 5.26 Å². The van der Waals surface area contributed by atoms with Crippen LogP contribution in [0, 0.1) is 24.2 Å². The first kappa shape index (κ1) is 17.7. The van der Waals surface area contributed by atoms with E-state index in [1.165, 1.54) is 31.5 Å². The van der Waals surface area contributed by atoms with E-state index in [9.17, 15) is 0 Å². The average molecular weight is 337 g/mol. The van der Waals surface area contributed by atoms with E-state index in [1.54, 1.807) is 0 Å². The van der Waals surface area contributed by atoms with E-state index < -0.39 is 0 Å². The van der Waals surface area contributed by atoms with Crippen LogP contribution in [0.5, 0.6) is 0 Å². The summed E-state index contributed by atoms with van der Waals surface area (Å²) in [5.74, 6) is 0.771. The molecule has 2 heterocycles. The minimum atomic E-state index is 0.284. The van der Waals surface area contributed by atoms with Crippen LogP contribution >= 0.6 is 0 Å². The zero-order valence-electron chi connectivity index (χ0n) is 15.4. The Labute approximate surface area is 150 Å². The van der Waals surface area contributed by atoms with Gasteiger partial charge in [0.05, 0.1) is 23.5 Å². The first-order valence-corrected chi connectivity index (χ1v) is 9.05. The van der Waals surface area contributed by atoms with Gasteiger partial charge in [0.15, 0.2) is 0 Å². The van der Waals surface area contributed by atoms with Crippen LogP contribution in [0.2, 0.25) is 0 Å². The zero-order chi connectivity index (χ0) is 17.8. The first-order chi connectivity index (χ1) is 12.1. The summed E-state index contributed by atoms with van der Waals surface area (Å²) in [6, 6.07) is 9.98. The molecule has 1 atom stereocenters. The van der Waals surface area contributed by atoms with Gasteiger partial charge in [-0.25, -0.2) is 4.68 Å². The van der Waals surface area contributed by atoms with Gasteiger partial charge in [-0.05, 0) is 83.6 Å². The monoisotopic (exact) mass is 337 g/mol. The van der Waals surface area contributed by atoms with Crippen LogP contribution in [-0.2, 0) is 0 Å². The maximum absolute atomic E-state index is 8.93. The molecule has 0 bridgehead atoms. The van der Waals surface area contributed by atoms with Crippen molar-refractivity contribution in [3.63, 3.8) is 0 Å². The number of aromatic nitrogens is 2. The molecule has 5 heteroatoms. The summed E-state index contributed by atoms with van der Waals surface area (Å²) >= 11 is 0. The highest BCUT2D eigenvalue weighted by atomic mass is 15.3. The summed E-state index contributed by atoms with van der Waals surface area (Å²) in [5.41, 5.74) is 4.04. The number of likely N-dealkylation sites (tertiary alicyclic amines) is 1. The van der Waals surface area contributed by atoms with Crippen molar-refractivity contribution >= 4 is 0 Å². The van der Waals surface area contributed by atoms with Crippen molar-refractivity contribution in [3.8, 4) is 11.8 Å². The maximum Gasteiger partial charge on any atom is 0.0991 e. The second kappa shape index (κ2) is 7.81. The molecule has 1 aliphatic heterocycles. The number of nitrogens with one attached hydrogen (secondary N) is 1. The fraction of sp³-hybridized carbons (Fsp3) is 0.500. The molecule has 0 radical (unpaired) electrons. The van der Waals surface area contributed by atoms with Gasteiger partial charge in [-0.15, -0.1) is 0 Å². The highest BCUT2D eigenvalue weighted by Crippen LogP contribution is 2.22. The van der Waals surface area contributed by atoms with E-state index in [0.29, 0.717) is 5.56 Å². The number of piperidine rings is 1. The number of hydrogen-bond donors (Lipinski definition) is 1. The normalized spacial score (nSPS) is 17.4. The van der Waals surface area contributed by atoms with E-state index in [2.05, 4.69) is 42.3 Å². The lowest BCUT2D eigenvalue weighted by Gasteiger charge is -2.30. The van der Waals surface area contributed by atoms with Crippen molar-refractivity contribution in [1.82, 2.24) is 20.0 Å². The van der Waals surface area contributed by atoms with Crippen LogP contribution in [0.4, 0.5) is 0 Å². The number of rotatable bonds is 5. The second-order valence-electron chi connectivity index (χ2n) is 7.13. The Kier molecular flexibility index (Phi) is 5.52. The Hall–Kier alpha value is -2.16. The van der Waals surface area contributed by atoms with Crippen molar-refractivity contribution in [2.75, 3.05) is 26.7 Å². The summed E-state index contributed by atoms with van der Waals surface area (Å²) < 4.78 is 1.95. The third-order valence-corrected chi connectivity index (χ3v) is 5.31. The fourth-order valence-corrected chi connectivity index (χ4v) is 3.50. The summed E-state index contributed by atoms with van der Waals surface area (Å²) in [5, 5.41) is 17.2. The summed E-state index contributed by atoms with van der Waals surface area (Å²) in [6.07, 6.45) is 4.51. The molecule has 1 N–H and O–H groups in total. The Morgan fingerprint density at radius 2 is 1.96 bits per heavy atom. The van der Waals surface area contributed by atoms with Gasteiger partial charge >= 0.3 is 0 Å². The third kappa shape index (κ3) is 4.09. The van der Waals surface area contributed by atoms with E-state index in [0.717, 1.165) is 23.8 Å². The Morgan fingerprint density at radius 3 is 2.60 bits per heavy atom. The number of nitriles is 1. The molecular formula is C20H27N5. The lowest BCUT2D eigenvalue weighted by molar-refractivity contribution is 0.213. The maximum atomic E-state index is 8.93. The zero-order valence-corrected chi connectivity index (χ0v) is 15.4. The van der Waals surface area contributed by atoms with Crippen LogP contribution in [0.15, 0.2) is 30.5 Å². The number of benzene rings is 1. The van der Waals surface area contributed by atoms with Crippen molar-refractivity contribution in [2.45, 2.75) is 32.7 Å². The molecule has 5 nitrogen and oxygen atoms in total. The SMILES string of the molecule is Cc1c([C@@H](C)NCC2CCN(C)CC2)cnn1-c1ccc(C#N)cc1. The van der Waals surface area contributed by atoms with Gasteiger partial charge in [0.25, 0.3) is 0 Å². The molecular weight excluding hydrogens is 310 g/mol. The molecule has 25 heavy (non-hydrogen) atoms. The Bertz CT molecular complexity index is 732. The summed E-state index contributed by atoms with van der Waals surface area (Å²) in [4.78, 5) is 2.41. The predicted octanol–water partition coefficient (Wildman–Crippen LogP) is 3.04. The average Bonchev–Trinajstić information content (AvgIpc) is 3.02. The fourth-order valence-electron chi connectivity index (χ4n) is 3.50. The van der Waals surface area contributed by atoms with Crippen LogP contribution in [0.25, 0.3) is 5.69 Å². The van der Waals surface area contributed by atoms with Gasteiger partial charge in [-0.2, -0.15) is 10.4 Å². The minimum absolute atomic E-state index is 0.284. The van der Waals surface area contributed by atoms with E-state index in [1.807, 2.05) is 35.1 Å². The van der Waals surface area contributed by atoms with E-state index >= 15 is 0 Å². The van der Waals surface area contributed by atoms with E-state index in [-0.39, 0.29) is 6.04 Å². The molecule has 0 aliphatic carbocycles. The van der Waals surface area contributed by atoms with Gasteiger partial charge in [0.2, 0.25) is 0 Å². The highest BCUT2D eigenvalue weighted by Gasteiger charge is 2.19. The molecule has 0 spiro atoms. The molecule has 0 unspecified atom stereocenters. The van der Waals surface area contributed by atoms with Gasteiger partial charge in [0, 0.05) is 17.3 Å². The van der Waals surface area contributed by atoms with Gasteiger partial charge in [-0.3, -0.25) is 0 Å². The van der Waals surface area contributed by atoms with Gasteiger partial charge in [0.1, 0.15) is 0 Å². The van der Waals surface area contributed by atoms with Crippen molar-refractivity contribution in [1.29, 1.82) is 5.26 Å². The molecule has 2 aromatic rings. The van der Waals surface area contributed by atoms with Crippen LogP contribution in [0.3, 0.4) is 0 Å². The van der Waals surface area contributed by atoms with Crippen LogP contribution in [0.1, 0.15) is 42.6 Å². The smallest absolute Gasteiger partial charge is 0.0991 e. The molecule has 1 fully saturated rings. The van der Waals surface area contributed by atoms with Gasteiger partial charge in [-0.1, -0.05) is 0 Å². The molecule has 0 saturated carbocycles. The van der Waals surface area contributed by atoms with Crippen molar-refractivity contribution < 1.29 is 0 Å². The second-order valence-corrected chi connectivity index (χ2v) is 7.13. The standard InChI is InChI=1S/C20H27N5/c1-15(22-13-18-8-10-24(3)11-9-18)20-14-23-25(16(20)2)19-6-4-17(12-21)5-7-19/h4-7,14-15,18,22H,8-11,13H2,1-3H3/t15-/m1/s1. The third-order valence-electron chi connectivity index (χ3n) is 5.31. The van der Waals surface area contributed by atoms with Crippen LogP contribution in [-0.4, -0.2) is 41.4 Å². The molecule has 1 saturated heterocycles. The largest absolute Gasteiger partial charge is 0.310 e. The first-order valence-electron chi connectivity index (χ1n) is 9.05. The lowest BCUT2D eigenvalue weighted by Crippen LogP contribution is -2.35. The Morgan fingerprint density at radius 1 is 1.28 bits per heavy atom. The Balaban J connectivity index is 1.64. The highest BCUT2D eigenvalue weighted by molar-refractivity contribution is 5.40. The molecule has 1 aliphatic rings. The number of hydrogen-bond acceptors (Lipinski definition) is 4. The molecule has 1 aromatic carbocycles. The molecule has 3 rings (SSSR count). The van der Waals surface area contributed by atoms with Crippen LogP contribution < -0.4 is 5.32 Å². The molecule has 1 aromatic heterocycles. The number of nitrogens with zero attached hydrogens (tertiary/aromatic N) is 4. The van der Waals surface area contributed by atoms with Crippen molar-refractivity contribution in [2.24, 2.45) is 5.92 Å². The minimum Gasteiger partial charge on any atom is -0.310 e. The molecule has 132 valence electrons. The molecule has 0 amide bonds. The van der Waals surface area contributed by atoms with Gasteiger partial charge < -0.3 is 10.2 Å². The summed E-state index contributed by atoms with van der Waals surface area (Å²) in [7, 11) is 2.20. The lowest BCUT2D eigenvalue weighted by atomic mass is 9.96. The topological polar surface area (TPSA) is 56.9 Å².